The summed E-state index contributed by atoms with van der Waals surface area (Å²) in [6, 6.07) is 16.1. The summed E-state index contributed by atoms with van der Waals surface area (Å²) in [5.74, 6) is -0.279. The lowest BCUT2D eigenvalue weighted by Crippen LogP contribution is -2.37. The molecule has 0 spiro atoms. The quantitative estimate of drug-likeness (QED) is 0.415. The topological polar surface area (TPSA) is 81.5 Å². The first-order chi connectivity index (χ1) is 16.9. The van der Waals surface area contributed by atoms with Gasteiger partial charge in [-0.15, -0.1) is 0 Å². The molecule has 1 atom stereocenters. The fourth-order valence-electron chi connectivity index (χ4n) is 4.56. The van der Waals surface area contributed by atoms with Crippen LogP contribution in [0.25, 0.3) is 0 Å². The van der Waals surface area contributed by atoms with Crippen LogP contribution in [0.3, 0.4) is 0 Å². The highest BCUT2D eigenvalue weighted by molar-refractivity contribution is 7.90. The van der Waals surface area contributed by atoms with E-state index in [-0.39, 0.29) is 35.5 Å². The smallest absolute Gasteiger partial charge is 0.254 e. The number of amides is 1. The Morgan fingerprint density at radius 2 is 1.91 bits per heavy atom. The van der Waals surface area contributed by atoms with Gasteiger partial charge in [0.1, 0.15) is 0 Å². The Labute approximate surface area is 210 Å². The van der Waals surface area contributed by atoms with E-state index in [4.69, 9.17) is 16.3 Å². The summed E-state index contributed by atoms with van der Waals surface area (Å²) < 4.78 is 34.3. The molecule has 2 aromatic carbocycles. The van der Waals surface area contributed by atoms with Crippen LogP contribution in [0.4, 0.5) is 0 Å². The second-order valence-electron chi connectivity index (χ2n) is 9.21. The molecule has 1 aromatic heterocycles. The van der Waals surface area contributed by atoms with E-state index < -0.39 is 9.84 Å². The van der Waals surface area contributed by atoms with Gasteiger partial charge in [-0.2, -0.15) is 0 Å². The number of ether oxygens (including phenoxy) is 1. The molecule has 1 amide bonds. The summed E-state index contributed by atoms with van der Waals surface area (Å²) >= 11 is 6.14. The van der Waals surface area contributed by atoms with Crippen LogP contribution in [0.1, 0.15) is 53.3 Å². The number of hydrogen-bond acceptors (Lipinski definition) is 5. The third kappa shape index (κ3) is 5.60. The molecule has 5 rings (SSSR count). The molecule has 1 saturated carbocycles. The summed E-state index contributed by atoms with van der Waals surface area (Å²) in [5, 5.41) is 0.566. The van der Waals surface area contributed by atoms with Crippen LogP contribution in [-0.4, -0.2) is 48.0 Å². The molecule has 184 valence electrons. The minimum atomic E-state index is -3.66. The standard InChI is InChI=1S/C26H28ClN3O4S/c27-21-9-4-8-20(14-21)25(31)29(17-24-10-5-13-34-24)16-23-15-28-26(30(23)22-11-12-22)35(32,33)18-19-6-2-1-3-7-19/h1-4,6-9,14-15,22,24H,5,10-13,16-18H2/t24-/m1/s1. The van der Waals surface area contributed by atoms with Gasteiger partial charge in [0, 0.05) is 29.8 Å². The van der Waals surface area contributed by atoms with Gasteiger partial charge in [0.15, 0.2) is 0 Å². The summed E-state index contributed by atoms with van der Waals surface area (Å²) in [6.07, 6.45) is 5.20. The number of nitrogens with zero attached hydrogens (tertiary/aromatic N) is 3. The number of carbonyl (C=O) groups excluding carboxylic acids is 1. The SMILES string of the molecule is O=C(c1cccc(Cl)c1)N(Cc1cnc(S(=O)(=O)Cc2ccccc2)n1C1CC1)C[C@H]1CCCO1. The van der Waals surface area contributed by atoms with Crippen LogP contribution in [0.5, 0.6) is 0 Å². The number of aromatic nitrogens is 2. The lowest BCUT2D eigenvalue weighted by Gasteiger charge is -2.26. The van der Waals surface area contributed by atoms with Gasteiger partial charge < -0.3 is 14.2 Å². The molecule has 2 fully saturated rings. The van der Waals surface area contributed by atoms with Crippen molar-refractivity contribution in [1.82, 2.24) is 14.5 Å². The van der Waals surface area contributed by atoms with E-state index in [1.54, 1.807) is 47.5 Å². The molecule has 1 aliphatic carbocycles. The van der Waals surface area contributed by atoms with E-state index in [9.17, 15) is 13.2 Å². The molecule has 2 heterocycles. The Morgan fingerprint density at radius 1 is 1.11 bits per heavy atom. The van der Waals surface area contributed by atoms with Crippen LogP contribution < -0.4 is 0 Å². The number of sulfone groups is 1. The molecule has 0 bridgehead atoms. The van der Waals surface area contributed by atoms with Crippen molar-refractivity contribution < 1.29 is 17.9 Å². The van der Waals surface area contributed by atoms with Crippen LogP contribution >= 0.6 is 11.6 Å². The molecule has 2 aliphatic rings. The summed E-state index contributed by atoms with van der Waals surface area (Å²) in [7, 11) is -3.66. The van der Waals surface area contributed by atoms with Gasteiger partial charge in [-0.3, -0.25) is 4.79 Å². The molecule has 0 unspecified atom stereocenters. The van der Waals surface area contributed by atoms with Crippen molar-refractivity contribution >= 4 is 27.3 Å². The molecule has 9 heteroatoms. The van der Waals surface area contributed by atoms with E-state index in [1.807, 2.05) is 22.8 Å². The third-order valence-electron chi connectivity index (χ3n) is 6.39. The number of carbonyl (C=O) groups is 1. The molecular formula is C26H28ClN3O4S. The van der Waals surface area contributed by atoms with Crippen LogP contribution in [-0.2, 0) is 26.9 Å². The maximum atomic E-state index is 13.5. The Kier molecular flexibility index (Phi) is 6.95. The van der Waals surface area contributed by atoms with Crippen molar-refractivity contribution in [1.29, 1.82) is 0 Å². The number of rotatable bonds is 9. The Bertz CT molecular complexity index is 1300. The number of benzene rings is 2. The van der Waals surface area contributed by atoms with Crippen molar-refractivity contribution in [3.8, 4) is 0 Å². The number of halogens is 1. The molecule has 1 aliphatic heterocycles. The van der Waals surface area contributed by atoms with Crippen LogP contribution in [0.15, 0.2) is 66.0 Å². The first kappa shape index (κ1) is 24.0. The number of imidazole rings is 1. The van der Waals surface area contributed by atoms with E-state index in [0.717, 1.165) is 31.2 Å². The Balaban J connectivity index is 1.45. The third-order valence-corrected chi connectivity index (χ3v) is 8.20. The normalized spacial score (nSPS) is 18.0. The average Bonchev–Trinajstić information content (AvgIpc) is 3.37. The monoisotopic (exact) mass is 513 g/mol. The van der Waals surface area contributed by atoms with Gasteiger partial charge in [-0.05, 0) is 49.4 Å². The zero-order chi connectivity index (χ0) is 24.4. The fourth-order valence-corrected chi connectivity index (χ4v) is 6.29. The first-order valence-corrected chi connectivity index (χ1v) is 13.9. The highest BCUT2D eigenvalue weighted by Crippen LogP contribution is 2.39. The lowest BCUT2D eigenvalue weighted by atomic mass is 10.1. The zero-order valence-corrected chi connectivity index (χ0v) is 20.9. The molecule has 7 nitrogen and oxygen atoms in total. The highest BCUT2D eigenvalue weighted by Gasteiger charge is 2.34. The van der Waals surface area contributed by atoms with Crippen molar-refractivity contribution in [2.75, 3.05) is 13.2 Å². The second-order valence-corrected chi connectivity index (χ2v) is 11.5. The molecule has 0 radical (unpaired) electrons. The Morgan fingerprint density at radius 3 is 2.60 bits per heavy atom. The van der Waals surface area contributed by atoms with E-state index >= 15 is 0 Å². The molecule has 3 aromatic rings. The van der Waals surface area contributed by atoms with Gasteiger partial charge in [0.2, 0.25) is 15.0 Å². The van der Waals surface area contributed by atoms with E-state index in [1.165, 1.54) is 0 Å². The summed E-state index contributed by atoms with van der Waals surface area (Å²) in [6.45, 7) is 1.36. The zero-order valence-electron chi connectivity index (χ0n) is 19.3. The van der Waals surface area contributed by atoms with Gasteiger partial charge in [0.25, 0.3) is 5.91 Å². The van der Waals surface area contributed by atoms with Gasteiger partial charge in [0.05, 0.1) is 30.3 Å². The van der Waals surface area contributed by atoms with Crippen molar-refractivity contribution in [3.63, 3.8) is 0 Å². The lowest BCUT2D eigenvalue weighted by molar-refractivity contribution is 0.0501. The van der Waals surface area contributed by atoms with Crippen molar-refractivity contribution in [2.24, 2.45) is 0 Å². The Hall–Kier alpha value is -2.68. The van der Waals surface area contributed by atoms with Crippen molar-refractivity contribution in [2.45, 2.75) is 55.3 Å². The maximum absolute atomic E-state index is 13.5. The van der Waals surface area contributed by atoms with Crippen LogP contribution in [0, 0.1) is 0 Å². The molecule has 1 saturated heterocycles. The largest absolute Gasteiger partial charge is 0.376 e. The summed E-state index contributed by atoms with van der Waals surface area (Å²) in [5.41, 5.74) is 1.92. The second kappa shape index (κ2) is 10.1. The molecule has 0 N–H and O–H groups in total. The predicted octanol–water partition coefficient (Wildman–Crippen LogP) is 4.67. The first-order valence-electron chi connectivity index (χ1n) is 11.9. The minimum Gasteiger partial charge on any atom is -0.376 e. The predicted molar refractivity (Wildman–Crippen MR) is 133 cm³/mol. The van der Waals surface area contributed by atoms with Crippen molar-refractivity contribution in [3.05, 3.63) is 82.6 Å². The minimum absolute atomic E-state index is 0.0447. The van der Waals surface area contributed by atoms with Crippen LogP contribution in [0.2, 0.25) is 5.02 Å². The van der Waals surface area contributed by atoms with E-state index in [0.29, 0.717) is 29.4 Å². The average molecular weight is 514 g/mol. The van der Waals surface area contributed by atoms with Gasteiger partial charge in [-0.1, -0.05) is 48.0 Å². The number of hydrogen-bond donors (Lipinski definition) is 0. The van der Waals surface area contributed by atoms with Gasteiger partial charge >= 0.3 is 0 Å². The van der Waals surface area contributed by atoms with Gasteiger partial charge in [-0.25, -0.2) is 13.4 Å². The highest BCUT2D eigenvalue weighted by atomic mass is 35.5. The molecule has 35 heavy (non-hydrogen) atoms. The van der Waals surface area contributed by atoms with E-state index in [2.05, 4.69) is 4.98 Å². The summed E-state index contributed by atoms with van der Waals surface area (Å²) in [4.78, 5) is 19.6. The maximum Gasteiger partial charge on any atom is 0.254 e. The molecular weight excluding hydrogens is 486 g/mol. The fraction of sp³-hybridized carbons (Fsp3) is 0.385.